The van der Waals surface area contributed by atoms with Gasteiger partial charge >= 0.3 is 0 Å². The summed E-state index contributed by atoms with van der Waals surface area (Å²) >= 11 is 0. The number of rotatable bonds is 6. The van der Waals surface area contributed by atoms with Crippen LogP contribution < -0.4 is 20.9 Å². The number of nitrogens with one attached hydrogen (secondary N) is 3. The van der Waals surface area contributed by atoms with Crippen molar-refractivity contribution in [1.82, 2.24) is 10.3 Å². The molecular weight excluding hydrogens is 326 g/mol. The number of anilines is 3. The molecular formula is C20H25N5O. The summed E-state index contributed by atoms with van der Waals surface area (Å²) in [7, 11) is 0. The van der Waals surface area contributed by atoms with Crippen molar-refractivity contribution in [3.05, 3.63) is 48.2 Å². The quantitative estimate of drug-likeness (QED) is 0.746. The average Bonchev–Trinajstić information content (AvgIpc) is 3.53. The second kappa shape index (κ2) is 7.74. The lowest BCUT2D eigenvalue weighted by molar-refractivity contribution is 0.102. The van der Waals surface area contributed by atoms with Gasteiger partial charge in [0.2, 0.25) is 0 Å². The van der Waals surface area contributed by atoms with E-state index in [0.717, 1.165) is 50.1 Å². The maximum absolute atomic E-state index is 12.4. The molecule has 0 radical (unpaired) electrons. The second-order valence-electron chi connectivity index (χ2n) is 6.99. The van der Waals surface area contributed by atoms with Crippen molar-refractivity contribution in [2.45, 2.75) is 12.8 Å². The molecule has 1 aromatic heterocycles. The highest BCUT2D eigenvalue weighted by atomic mass is 16.1. The van der Waals surface area contributed by atoms with Gasteiger partial charge in [0.05, 0.1) is 11.9 Å². The summed E-state index contributed by atoms with van der Waals surface area (Å²) in [4.78, 5) is 19.1. The van der Waals surface area contributed by atoms with Gasteiger partial charge in [0.1, 0.15) is 5.82 Å². The van der Waals surface area contributed by atoms with E-state index in [-0.39, 0.29) is 5.91 Å². The van der Waals surface area contributed by atoms with Crippen LogP contribution in [0.1, 0.15) is 23.2 Å². The molecule has 3 N–H and O–H groups in total. The van der Waals surface area contributed by atoms with Crippen molar-refractivity contribution in [2.24, 2.45) is 5.92 Å². The molecule has 136 valence electrons. The van der Waals surface area contributed by atoms with Gasteiger partial charge < -0.3 is 20.9 Å². The number of pyridine rings is 1. The normalized spacial score (nSPS) is 17.0. The lowest BCUT2D eigenvalue weighted by Crippen LogP contribution is -2.43. The summed E-state index contributed by atoms with van der Waals surface area (Å²) < 4.78 is 0. The number of hydrogen-bond donors (Lipinski definition) is 3. The molecule has 6 nitrogen and oxygen atoms in total. The van der Waals surface area contributed by atoms with Crippen molar-refractivity contribution in [3.63, 3.8) is 0 Å². The molecule has 1 aliphatic carbocycles. The van der Waals surface area contributed by atoms with Gasteiger partial charge in [-0.15, -0.1) is 0 Å². The van der Waals surface area contributed by atoms with Crippen LogP contribution >= 0.6 is 0 Å². The molecule has 1 aliphatic heterocycles. The summed E-state index contributed by atoms with van der Waals surface area (Å²) in [6.45, 7) is 4.98. The van der Waals surface area contributed by atoms with Crippen LogP contribution in [0.5, 0.6) is 0 Å². The van der Waals surface area contributed by atoms with Crippen LogP contribution in [0.4, 0.5) is 17.2 Å². The number of carbonyl (C=O) groups is 1. The molecule has 0 spiro atoms. The molecule has 0 bridgehead atoms. The van der Waals surface area contributed by atoms with Crippen LogP contribution in [0.3, 0.4) is 0 Å². The van der Waals surface area contributed by atoms with Gasteiger partial charge in [-0.2, -0.15) is 0 Å². The Morgan fingerprint density at radius 1 is 1.12 bits per heavy atom. The molecule has 2 fully saturated rings. The third kappa shape index (κ3) is 4.32. The maximum atomic E-state index is 12.4. The fraction of sp³-hybridized carbons (Fsp3) is 0.400. The molecule has 4 rings (SSSR count). The van der Waals surface area contributed by atoms with E-state index in [1.165, 1.54) is 12.8 Å². The zero-order valence-electron chi connectivity index (χ0n) is 14.9. The van der Waals surface area contributed by atoms with Gasteiger partial charge in [0, 0.05) is 44.0 Å². The number of aromatic nitrogens is 1. The largest absolute Gasteiger partial charge is 0.370 e. The van der Waals surface area contributed by atoms with Crippen LogP contribution in [-0.4, -0.2) is 43.6 Å². The van der Waals surface area contributed by atoms with Crippen LogP contribution in [0.2, 0.25) is 0 Å². The zero-order valence-corrected chi connectivity index (χ0v) is 14.9. The number of benzene rings is 1. The van der Waals surface area contributed by atoms with Crippen LogP contribution in [-0.2, 0) is 0 Å². The molecule has 0 unspecified atom stereocenters. The molecule has 2 aliphatic rings. The van der Waals surface area contributed by atoms with Crippen LogP contribution in [0.15, 0.2) is 42.6 Å². The Balaban J connectivity index is 1.33. The number of hydrogen-bond acceptors (Lipinski definition) is 5. The number of amides is 1. The number of piperazine rings is 1. The Morgan fingerprint density at radius 3 is 2.54 bits per heavy atom. The molecule has 2 heterocycles. The summed E-state index contributed by atoms with van der Waals surface area (Å²) in [6.07, 6.45) is 4.32. The van der Waals surface area contributed by atoms with E-state index in [2.05, 4.69) is 25.8 Å². The predicted octanol–water partition coefficient (Wildman–Crippen LogP) is 2.57. The Morgan fingerprint density at radius 2 is 1.88 bits per heavy atom. The van der Waals surface area contributed by atoms with E-state index in [1.54, 1.807) is 6.20 Å². The molecule has 2 aromatic rings. The van der Waals surface area contributed by atoms with Crippen molar-refractivity contribution >= 4 is 23.1 Å². The van der Waals surface area contributed by atoms with Gasteiger partial charge in [-0.25, -0.2) is 4.98 Å². The Bertz CT molecular complexity index is 734. The average molecular weight is 351 g/mol. The minimum Gasteiger partial charge on any atom is -0.370 e. The first kappa shape index (κ1) is 16.8. The third-order valence-corrected chi connectivity index (χ3v) is 4.90. The fourth-order valence-electron chi connectivity index (χ4n) is 3.09. The summed E-state index contributed by atoms with van der Waals surface area (Å²) in [5.41, 5.74) is 2.52. The second-order valence-corrected chi connectivity index (χ2v) is 6.99. The maximum Gasteiger partial charge on any atom is 0.255 e. The monoisotopic (exact) mass is 351 g/mol. The SMILES string of the molecule is O=C(Nc1ccc(NCC2CC2)nc1)c1ccc(N2CCNCC2)cc1. The highest BCUT2D eigenvalue weighted by Crippen LogP contribution is 2.28. The van der Waals surface area contributed by atoms with E-state index in [1.807, 2.05) is 36.4 Å². The van der Waals surface area contributed by atoms with E-state index in [9.17, 15) is 4.79 Å². The molecule has 1 amide bonds. The molecule has 1 saturated carbocycles. The van der Waals surface area contributed by atoms with Crippen LogP contribution in [0.25, 0.3) is 0 Å². The van der Waals surface area contributed by atoms with E-state index >= 15 is 0 Å². The molecule has 6 heteroatoms. The first-order chi connectivity index (χ1) is 12.8. The Labute approximate surface area is 154 Å². The lowest BCUT2D eigenvalue weighted by Gasteiger charge is -2.29. The van der Waals surface area contributed by atoms with Gasteiger partial charge in [0.15, 0.2) is 0 Å². The van der Waals surface area contributed by atoms with Gasteiger partial charge in [-0.05, 0) is 55.2 Å². The summed E-state index contributed by atoms with van der Waals surface area (Å²) in [6, 6.07) is 11.6. The fourth-order valence-corrected chi connectivity index (χ4v) is 3.09. The Hall–Kier alpha value is -2.60. The first-order valence-electron chi connectivity index (χ1n) is 9.35. The Kier molecular flexibility index (Phi) is 5.02. The topological polar surface area (TPSA) is 69.3 Å². The highest BCUT2D eigenvalue weighted by Gasteiger charge is 2.20. The van der Waals surface area contributed by atoms with E-state index in [4.69, 9.17) is 0 Å². The molecule has 1 aromatic carbocycles. The van der Waals surface area contributed by atoms with Gasteiger partial charge in [-0.3, -0.25) is 4.79 Å². The lowest BCUT2D eigenvalue weighted by atomic mass is 10.1. The van der Waals surface area contributed by atoms with Crippen LogP contribution in [0, 0.1) is 5.92 Å². The molecule has 26 heavy (non-hydrogen) atoms. The predicted molar refractivity (Wildman–Crippen MR) is 105 cm³/mol. The number of nitrogens with zero attached hydrogens (tertiary/aromatic N) is 2. The zero-order chi connectivity index (χ0) is 17.8. The minimum atomic E-state index is -0.114. The number of carbonyl (C=O) groups excluding carboxylic acids is 1. The van der Waals surface area contributed by atoms with E-state index < -0.39 is 0 Å². The highest BCUT2D eigenvalue weighted by molar-refractivity contribution is 6.04. The molecule has 0 atom stereocenters. The minimum absolute atomic E-state index is 0.114. The van der Waals surface area contributed by atoms with Crippen molar-refractivity contribution in [1.29, 1.82) is 0 Å². The molecule has 1 saturated heterocycles. The smallest absolute Gasteiger partial charge is 0.255 e. The van der Waals surface area contributed by atoms with E-state index in [0.29, 0.717) is 11.3 Å². The van der Waals surface area contributed by atoms with Crippen molar-refractivity contribution < 1.29 is 4.79 Å². The summed E-state index contributed by atoms with van der Waals surface area (Å²) in [5, 5.41) is 9.58. The van der Waals surface area contributed by atoms with Gasteiger partial charge in [0.25, 0.3) is 5.91 Å². The van der Waals surface area contributed by atoms with Crippen molar-refractivity contribution in [2.75, 3.05) is 48.3 Å². The van der Waals surface area contributed by atoms with Gasteiger partial charge in [-0.1, -0.05) is 0 Å². The summed E-state index contributed by atoms with van der Waals surface area (Å²) in [5.74, 6) is 1.55. The standard InChI is InChI=1S/C20H25N5O/c26-20(16-3-6-18(7-4-16)25-11-9-21-10-12-25)24-17-5-8-19(23-14-17)22-13-15-1-2-15/h3-8,14-15,21H,1-2,9-13H2,(H,22,23)(H,24,26). The van der Waals surface area contributed by atoms with Crippen molar-refractivity contribution in [3.8, 4) is 0 Å². The third-order valence-electron chi connectivity index (χ3n) is 4.90. The first-order valence-corrected chi connectivity index (χ1v) is 9.35.